The first-order valence-corrected chi connectivity index (χ1v) is 10.2. The molecule has 28 heavy (non-hydrogen) atoms. The van der Waals surface area contributed by atoms with Gasteiger partial charge in [0.2, 0.25) is 5.91 Å². The largest absolute Gasteiger partial charge is 0.462 e. The van der Waals surface area contributed by atoms with E-state index in [1.54, 1.807) is 13.0 Å². The van der Waals surface area contributed by atoms with E-state index in [1.807, 2.05) is 67.6 Å². The van der Waals surface area contributed by atoms with Gasteiger partial charge in [-0.3, -0.25) is 4.79 Å². The van der Waals surface area contributed by atoms with Gasteiger partial charge in [-0.15, -0.1) is 11.3 Å². The SMILES string of the molecule is CCOC(=O)c1cc(-c2ccccc2)sc1NC(=O)[C@@H](CC)c1ccccc1. The van der Waals surface area contributed by atoms with E-state index in [9.17, 15) is 9.59 Å². The van der Waals surface area contributed by atoms with Crippen molar-refractivity contribution in [3.8, 4) is 10.4 Å². The van der Waals surface area contributed by atoms with Gasteiger partial charge in [0, 0.05) is 4.88 Å². The van der Waals surface area contributed by atoms with Crippen molar-refractivity contribution in [3.63, 3.8) is 0 Å². The zero-order valence-corrected chi connectivity index (χ0v) is 16.8. The lowest BCUT2D eigenvalue weighted by molar-refractivity contribution is -0.117. The van der Waals surface area contributed by atoms with Gasteiger partial charge in [0.05, 0.1) is 18.1 Å². The second kappa shape index (κ2) is 9.33. The van der Waals surface area contributed by atoms with Gasteiger partial charge in [0.15, 0.2) is 0 Å². The fraction of sp³-hybridized carbons (Fsp3) is 0.217. The second-order valence-electron chi connectivity index (χ2n) is 6.30. The van der Waals surface area contributed by atoms with Crippen molar-refractivity contribution in [1.29, 1.82) is 0 Å². The number of thiophene rings is 1. The Morgan fingerprint density at radius 1 is 1.00 bits per heavy atom. The minimum Gasteiger partial charge on any atom is -0.462 e. The monoisotopic (exact) mass is 393 g/mol. The van der Waals surface area contributed by atoms with Crippen LogP contribution in [0, 0.1) is 0 Å². The van der Waals surface area contributed by atoms with Gasteiger partial charge in [-0.25, -0.2) is 4.79 Å². The van der Waals surface area contributed by atoms with Crippen molar-refractivity contribution in [3.05, 3.63) is 77.9 Å². The van der Waals surface area contributed by atoms with E-state index in [0.717, 1.165) is 16.0 Å². The van der Waals surface area contributed by atoms with Gasteiger partial charge >= 0.3 is 5.97 Å². The van der Waals surface area contributed by atoms with Crippen molar-refractivity contribution < 1.29 is 14.3 Å². The van der Waals surface area contributed by atoms with Crippen LogP contribution >= 0.6 is 11.3 Å². The minimum absolute atomic E-state index is 0.124. The molecule has 0 aliphatic heterocycles. The first kappa shape index (κ1) is 19.8. The molecule has 0 spiro atoms. The highest BCUT2D eigenvalue weighted by Gasteiger charge is 2.24. The zero-order chi connectivity index (χ0) is 19.9. The van der Waals surface area contributed by atoms with E-state index in [2.05, 4.69) is 5.32 Å². The van der Waals surface area contributed by atoms with E-state index in [4.69, 9.17) is 4.74 Å². The predicted molar refractivity (Wildman–Crippen MR) is 114 cm³/mol. The summed E-state index contributed by atoms with van der Waals surface area (Å²) in [6.07, 6.45) is 0.668. The molecule has 3 rings (SSSR count). The molecule has 3 aromatic rings. The van der Waals surface area contributed by atoms with Crippen molar-refractivity contribution in [2.24, 2.45) is 0 Å². The van der Waals surface area contributed by atoms with E-state index < -0.39 is 5.97 Å². The van der Waals surface area contributed by atoms with Crippen molar-refractivity contribution in [2.75, 3.05) is 11.9 Å². The molecule has 0 unspecified atom stereocenters. The Labute approximate surface area is 169 Å². The van der Waals surface area contributed by atoms with Crippen LogP contribution in [-0.2, 0) is 9.53 Å². The van der Waals surface area contributed by atoms with Crippen LogP contribution in [0.4, 0.5) is 5.00 Å². The highest BCUT2D eigenvalue weighted by atomic mass is 32.1. The molecular formula is C23H23NO3S. The fourth-order valence-corrected chi connectivity index (χ4v) is 4.10. The summed E-state index contributed by atoms with van der Waals surface area (Å²) >= 11 is 1.39. The number of rotatable bonds is 7. The van der Waals surface area contributed by atoms with Crippen molar-refractivity contribution in [2.45, 2.75) is 26.2 Å². The molecule has 0 saturated carbocycles. The molecule has 0 radical (unpaired) electrons. The standard InChI is InChI=1S/C23H23NO3S/c1-3-18(16-11-7-5-8-12-16)21(25)24-22-19(23(26)27-4-2)15-20(28-22)17-13-9-6-10-14-17/h5-15,18H,3-4H2,1-2H3,(H,24,25)/t18-/m0/s1. The highest BCUT2D eigenvalue weighted by molar-refractivity contribution is 7.20. The molecule has 0 bridgehead atoms. The van der Waals surface area contributed by atoms with Crippen LogP contribution in [-0.4, -0.2) is 18.5 Å². The van der Waals surface area contributed by atoms with E-state index in [-0.39, 0.29) is 18.4 Å². The van der Waals surface area contributed by atoms with E-state index in [0.29, 0.717) is 17.0 Å². The number of esters is 1. The van der Waals surface area contributed by atoms with Crippen LogP contribution in [0.15, 0.2) is 66.7 Å². The third-order valence-electron chi connectivity index (χ3n) is 4.45. The fourth-order valence-electron chi connectivity index (χ4n) is 3.05. The summed E-state index contributed by atoms with van der Waals surface area (Å²) in [5.41, 5.74) is 2.34. The first-order chi connectivity index (χ1) is 13.6. The third-order valence-corrected chi connectivity index (χ3v) is 5.55. The van der Waals surface area contributed by atoms with Gasteiger partial charge < -0.3 is 10.1 Å². The number of hydrogen-bond acceptors (Lipinski definition) is 4. The van der Waals surface area contributed by atoms with Crippen LogP contribution in [0.2, 0.25) is 0 Å². The Bertz CT molecular complexity index is 935. The first-order valence-electron chi connectivity index (χ1n) is 9.36. The van der Waals surface area contributed by atoms with Gasteiger partial charge in [0.1, 0.15) is 5.00 Å². The molecule has 1 amide bonds. The molecule has 5 heteroatoms. The van der Waals surface area contributed by atoms with Gasteiger partial charge in [-0.05, 0) is 30.5 Å². The van der Waals surface area contributed by atoms with Crippen LogP contribution in [0.3, 0.4) is 0 Å². The predicted octanol–water partition coefficient (Wildman–Crippen LogP) is 5.72. The van der Waals surface area contributed by atoms with Crippen LogP contribution < -0.4 is 5.32 Å². The Morgan fingerprint density at radius 2 is 1.64 bits per heavy atom. The average molecular weight is 394 g/mol. The molecule has 1 heterocycles. The van der Waals surface area contributed by atoms with Crippen LogP contribution in [0.1, 0.15) is 42.1 Å². The van der Waals surface area contributed by atoms with Crippen LogP contribution in [0.25, 0.3) is 10.4 Å². The molecule has 2 aromatic carbocycles. The highest BCUT2D eigenvalue weighted by Crippen LogP contribution is 2.36. The second-order valence-corrected chi connectivity index (χ2v) is 7.35. The zero-order valence-electron chi connectivity index (χ0n) is 16.0. The maximum absolute atomic E-state index is 13.0. The van der Waals surface area contributed by atoms with E-state index >= 15 is 0 Å². The summed E-state index contributed by atoms with van der Waals surface area (Å²) in [5.74, 6) is -0.830. The molecule has 144 valence electrons. The molecule has 0 aliphatic rings. The molecule has 1 aromatic heterocycles. The van der Waals surface area contributed by atoms with E-state index in [1.165, 1.54) is 11.3 Å². The molecule has 1 N–H and O–H groups in total. The summed E-state index contributed by atoms with van der Waals surface area (Å²) in [4.78, 5) is 26.3. The van der Waals surface area contributed by atoms with Crippen molar-refractivity contribution in [1.82, 2.24) is 0 Å². The number of carbonyl (C=O) groups is 2. The quantitative estimate of drug-likeness (QED) is 0.522. The lowest BCUT2D eigenvalue weighted by atomic mass is 9.96. The molecule has 0 saturated heterocycles. The summed E-state index contributed by atoms with van der Waals surface area (Å²) in [6, 6.07) is 21.2. The number of benzene rings is 2. The summed E-state index contributed by atoms with van der Waals surface area (Å²) in [6.45, 7) is 4.03. The summed E-state index contributed by atoms with van der Waals surface area (Å²) < 4.78 is 5.19. The van der Waals surface area contributed by atoms with Gasteiger partial charge in [-0.1, -0.05) is 67.6 Å². The average Bonchev–Trinajstić information content (AvgIpc) is 3.14. The Morgan fingerprint density at radius 3 is 2.25 bits per heavy atom. The number of amides is 1. The molecular weight excluding hydrogens is 370 g/mol. The smallest absolute Gasteiger partial charge is 0.341 e. The number of anilines is 1. The normalized spacial score (nSPS) is 11.6. The number of nitrogens with one attached hydrogen (secondary N) is 1. The maximum atomic E-state index is 13.0. The topological polar surface area (TPSA) is 55.4 Å². The Balaban J connectivity index is 1.92. The minimum atomic E-state index is -0.427. The summed E-state index contributed by atoms with van der Waals surface area (Å²) in [7, 11) is 0. The molecule has 1 atom stereocenters. The lowest BCUT2D eigenvalue weighted by Crippen LogP contribution is -2.21. The molecule has 0 aliphatic carbocycles. The number of ether oxygens (including phenoxy) is 1. The Hall–Kier alpha value is -2.92. The third kappa shape index (κ3) is 4.49. The van der Waals surface area contributed by atoms with Gasteiger partial charge in [-0.2, -0.15) is 0 Å². The number of hydrogen-bond donors (Lipinski definition) is 1. The summed E-state index contributed by atoms with van der Waals surface area (Å²) in [5, 5.41) is 3.49. The Kier molecular flexibility index (Phi) is 6.61. The molecule has 0 fully saturated rings. The van der Waals surface area contributed by atoms with Crippen LogP contribution in [0.5, 0.6) is 0 Å². The van der Waals surface area contributed by atoms with Crippen molar-refractivity contribution >= 4 is 28.2 Å². The maximum Gasteiger partial charge on any atom is 0.341 e. The molecule has 4 nitrogen and oxygen atoms in total. The van der Waals surface area contributed by atoms with Gasteiger partial charge in [0.25, 0.3) is 0 Å². The lowest BCUT2D eigenvalue weighted by Gasteiger charge is -2.15. The number of carbonyl (C=O) groups excluding carboxylic acids is 2.